The molecule has 1 aliphatic heterocycles. The lowest BCUT2D eigenvalue weighted by atomic mass is 9.90. The van der Waals surface area contributed by atoms with Crippen LogP contribution in [0.1, 0.15) is 6.92 Å². The monoisotopic (exact) mass is 84.1 g/mol. The lowest BCUT2D eigenvalue weighted by Gasteiger charge is -1.94. The van der Waals surface area contributed by atoms with Gasteiger partial charge in [0.1, 0.15) is 0 Å². The second-order valence-corrected chi connectivity index (χ2v) is 1.49. The number of hydrogen-bond acceptors (Lipinski definition) is 2. The third kappa shape index (κ3) is 0.728. The Labute approximate surface area is 38.1 Å². The zero-order valence-corrected chi connectivity index (χ0v) is 3.77. The van der Waals surface area contributed by atoms with Crippen LogP contribution in [0.3, 0.4) is 0 Å². The number of nitrogens with one attached hydrogen (secondary N) is 1. The summed E-state index contributed by atoms with van der Waals surface area (Å²) in [5.74, 6) is 0. The first-order valence-corrected chi connectivity index (χ1v) is 2.12. The fraction of sp³-hybridized carbons (Fsp3) is 1.00. The predicted molar refractivity (Wildman–Crippen MR) is 24.2 cm³/mol. The average Bonchev–Trinajstić information content (AvgIpc) is 1.86. The van der Waals surface area contributed by atoms with Gasteiger partial charge in [0.2, 0.25) is 7.41 Å². The number of hydrogen-bond donors (Lipinski definition) is 1. The molecule has 1 heterocycles. The highest BCUT2D eigenvalue weighted by Gasteiger charge is 2.09. The van der Waals surface area contributed by atoms with E-state index in [1.54, 1.807) is 0 Å². The van der Waals surface area contributed by atoms with Crippen molar-refractivity contribution in [3.05, 3.63) is 0 Å². The zero-order chi connectivity index (χ0) is 4.41. The summed E-state index contributed by atoms with van der Waals surface area (Å²) in [6.07, 6.45) is 1.41. The summed E-state index contributed by atoms with van der Waals surface area (Å²) in [5, 5.41) is 2.65. The van der Waals surface area contributed by atoms with Crippen molar-refractivity contribution in [1.82, 2.24) is 5.39 Å². The molecule has 0 aromatic carbocycles. The Morgan fingerprint density at radius 1 is 2.00 bits per heavy atom. The first-order valence-electron chi connectivity index (χ1n) is 2.12. The molecule has 1 radical (unpaired) electrons. The molecular weight excluding hydrogens is 76.9 g/mol. The molecule has 1 aliphatic rings. The third-order valence-corrected chi connectivity index (χ3v) is 0.802. The quantitative estimate of drug-likeness (QED) is 0.415. The first kappa shape index (κ1) is 4.15. The van der Waals surface area contributed by atoms with E-state index in [2.05, 4.69) is 5.39 Å². The van der Waals surface area contributed by atoms with Crippen molar-refractivity contribution in [2.45, 2.75) is 19.3 Å². The minimum absolute atomic E-state index is 0.380. The molecule has 1 fully saturated rings. The van der Waals surface area contributed by atoms with E-state index in [1.165, 1.54) is 0 Å². The molecule has 2 nitrogen and oxygen atoms in total. The molecule has 1 rings (SSSR count). The molecule has 1 saturated heterocycles. The summed E-state index contributed by atoms with van der Waals surface area (Å²) >= 11 is 0. The van der Waals surface area contributed by atoms with Gasteiger partial charge in [-0.3, -0.25) is 5.39 Å². The topological polar surface area (TPSA) is 21.3 Å². The van der Waals surface area contributed by atoms with Crippen LogP contribution in [0.5, 0.6) is 0 Å². The molecular formula is C3H7BNO. The van der Waals surface area contributed by atoms with E-state index in [-0.39, 0.29) is 0 Å². The highest BCUT2D eigenvalue weighted by molar-refractivity contribution is 6.32. The Kier molecular flexibility index (Phi) is 1.12. The Morgan fingerprint density at radius 3 is 3.00 bits per heavy atom. The van der Waals surface area contributed by atoms with Gasteiger partial charge in [0, 0.05) is 0 Å². The maximum Gasteiger partial charge on any atom is 0.244 e. The normalized spacial score (nSPS) is 33.2. The fourth-order valence-electron chi connectivity index (χ4n) is 0.426. The van der Waals surface area contributed by atoms with Gasteiger partial charge in [-0.15, -0.1) is 0 Å². The van der Waals surface area contributed by atoms with Gasteiger partial charge >= 0.3 is 0 Å². The van der Waals surface area contributed by atoms with Crippen LogP contribution in [0.15, 0.2) is 0 Å². The van der Waals surface area contributed by atoms with Gasteiger partial charge in [-0.05, 0) is 13.2 Å². The van der Waals surface area contributed by atoms with Gasteiger partial charge in [0.25, 0.3) is 0 Å². The minimum atomic E-state index is 0.380. The predicted octanol–water partition coefficient (Wildman–Crippen LogP) is -0.0528. The van der Waals surface area contributed by atoms with Gasteiger partial charge in [0.15, 0.2) is 0 Å². The van der Waals surface area contributed by atoms with Crippen LogP contribution in [0.25, 0.3) is 0 Å². The summed E-state index contributed by atoms with van der Waals surface area (Å²) in [6.45, 7) is 2.02. The van der Waals surface area contributed by atoms with Crippen molar-refractivity contribution in [2.75, 3.05) is 0 Å². The van der Waals surface area contributed by atoms with E-state index in [4.69, 9.17) is 4.84 Å². The van der Waals surface area contributed by atoms with Gasteiger partial charge in [-0.1, -0.05) is 0 Å². The fourth-order valence-corrected chi connectivity index (χ4v) is 0.426. The molecule has 0 bridgehead atoms. The van der Waals surface area contributed by atoms with Crippen molar-refractivity contribution in [2.24, 2.45) is 0 Å². The molecule has 0 saturated carbocycles. The molecule has 6 heavy (non-hydrogen) atoms. The lowest BCUT2D eigenvalue weighted by Crippen LogP contribution is -2.07. The van der Waals surface area contributed by atoms with Crippen molar-refractivity contribution in [3.63, 3.8) is 0 Å². The summed E-state index contributed by atoms with van der Waals surface area (Å²) in [7, 11) is 1.91. The average molecular weight is 83.9 g/mol. The molecule has 33 valence electrons. The zero-order valence-electron chi connectivity index (χ0n) is 3.77. The number of rotatable bonds is 0. The molecule has 1 unspecified atom stereocenters. The SMILES string of the molecule is CC1C[B]NO1. The van der Waals surface area contributed by atoms with Crippen LogP contribution in [0, 0.1) is 0 Å². The molecule has 0 aromatic heterocycles. The highest BCUT2D eigenvalue weighted by atomic mass is 16.7. The van der Waals surface area contributed by atoms with Crippen molar-refractivity contribution in [1.29, 1.82) is 0 Å². The smallest absolute Gasteiger partial charge is 0.244 e. The van der Waals surface area contributed by atoms with Crippen molar-refractivity contribution < 1.29 is 4.84 Å². The van der Waals surface area contributed by atoms with Crippen LogP contribution in [-0.4, -0.2) is 13.5 Å². The molecule has 0 aromatic rings. The van der Waals surface area contributed by atoms with Crippen LogP contribution >= 0.6 is 0 Å². The van der Waals surface area contributed by atoms with Crippen LogP contribution in [0.4, 0.5) is 0 Å². The molecule has 0 spiro atoms. The summed E-state index contributed by atoms with van der Waals surface area (Å²) in [5.41, 5.74) is 0. The minimum Gasteiger partial charge on any atom is -0.312 e. The summed E-state index contributed by atoms with van der Waals surface area (Å²) in [6, 6.07) is 0. The van der Waals surface area contributed by atoms with E-state index in [0.717, 1.165) is 6.32 Å². The summed E-state index contributed by atoms with van der Waals surface area (Å²) in [4.78, 5) is 4.85. The summed E-state index contributed by atoms with van der Waals surface area (Å²) < 4.78 is 0. The van der Waals surface area contributed by atoms with Crippen molar-refractivity contribution in [3.8, 4) is 0 Å². The molecule has 1 atom stereocenters. The van der Waals surface area contributed by atoms with Crippen LogP contribution in [-0.2, 0) is 4.84 Å². The molecule has 1 N–H and O–H groups in total. The Morgan fingerprint density at radius 2 is 2.83 bits per heavy atom. The van der Waals surface area contributed by atoms with E-state index in [9.17, 15) is 0 Å². The highest BCUT2D eigenvalue weighted by Crippen LogP contribution is 1.98. The Bertz CT molecular complexity index is 44.1. The van der Waals surface area contributed by atoms with E-state index >= 15 is 0 Å². The third-order valence-electron chi connectivity index (χ3n) is 0.802. The van der Waals surface area contributed by atoms with Crippen LogP contribution in [0.2, 0.25) is 6.32 Å². The standard InChI is InChI=1S/C3H7BNO/c1-3-2-4-5-6-3/h3,5H,2H2,1H3. The second kappa shape index (κ2) is 1.62. The van der Waals surface area contributed by atoms with Gasteiger partial charge in [-0.25, -0.2) is 0 Å². The Hall–Kier alpha value is -0.0151. The van der Waals surface area contributed by atoms with Gasteiger partial charge < -0.3 is 4.84 Å². The van der Waals surface area contributed by atoms with E-state index < -0.39 is 0 Å². The van der Waals surface area contributed by atoms with E-state index in [1.807, 2.05) is 14.3 Å². The molecule has 0 aliphatic carbocycles. The lowest BCUT2D eigenvalue weighted by molar-refractivity contribution is 0.0637. The maximum absolute atomic E-state index is 4.85. The van der Waals surface area contributed by atoms with Crippen molar-refractivity contribution >= 4 is 7.41 Å². The maximum atomic E-state index is 4.85. The van der Waals surface area contributed by atoms with Gasteiger partial charge in [-0.2, -0.15) is 0 Å². The van der Waals surface area contributed by atoms with Crippen LogP contribution < -0.4 is 5.39 Å². The molecule has 3 heteroatoms. The Balaban J connectivity index is 2.18. The van der Waals surface area contributed by atoms with E-state index in [0.29, 0.717) is 6.10 Å². The second-order valence-electron chi connectivity index (χ2n) is 1.49. The largest absolute Gasteiger partial charge is 0.312 e. The van der Waals surface area contributed by atoms with Gasteiger partial charge in [0.05, 0.1) is 6.10 Å². The first-order chi connectivity index (χ1) is 2.89. The molecule has 0 amide bonds.